The van der Waals surface area contributed by atoms with Gasteiger partial charge in [0.25, 0.3) is 0 Å². The molecule has 1 amide bonds. The van der Waals surface area contributed by atoms with Crippen molar-refractivity contribution in [1.29, 1.82) is 0 Å². The van der Waals surface area contributed by atoms with E-state index in [2.05, 4.69) is 19.3 Å². The molecule has 0 spiro atoms. The molecule has 0 saturated carbocycles. The van der Waals surface area contributed by atoms with Crippen LogP contribution in [0.2, 0.25) is 0 Å². The topological polar surface area (TPSA) is 89.7 Å². The molecule has 0 radical (unpaired) electrons. The lowest BCUT2D eigenvalue weighted by molar-refractivity contribution is 0.167. The Hall–Kier alpha value is -1.70. The maximum atomic E-state index is 11.2. The second kappa shape index (κ2) is 6.17. The zero-order chi connectivity index (χ0) is 14.7. The summed E-state index contributed by atoms with van der Waals surface area (Å²) in [4.78, 5) is 13.4. The van der Waals surface area contributed by atoms with Gasteiger partial charge in [-0.3, -0.25) is 0 Å². The van der Waals surface area contributed by atoms with Gasteiger partial charge in [0.1, 0.15) is 0 Å². The van der Waals surface area contributed by atoms with Crippen LogP contribution in [0.4, 0.5) is 15.6 Å². The second-order valence-electron chi connectivity index (χ2n) is 4.94. The minimum absolute atomic E-state index is 0.0408. The number of carbonyl (C=O) groups excluding carboxylic acids is 1. The fourth-order valence-electron chi connectivity index (χ4n) is 2.12. The van der Waals surface area contributed by atoms with Gasteiger partial charge in [0, 0.05) is 13.1 Å². The first-order valence-electron chi connectivity index (χ1n) is 6.52. The molecule has 0 aliphatic carbocycles. The Labute approximate surface area is 122 Å². The zero-order valence-electron chi connectivity index (χ0n) is 11.9. The van der Waals surface area contributed by atoms with Gasteiger partial charge in [0.2, 0.25) is 0 Å². The molecule has 2 heterocycles. The van der Waals surface area contributed by atoms with Crippen LogP contribution < -0.4 is 20.7 Å². The number of amides is 1. The zero-order valence-corrected chi connectivity index (χ0v) is 12.7. The first kappa shape index (κ1) is 14.7. The Balaban J connectivity index is 2.04. The lowest BCUT2D eigenvalue weighted by atomic mass is 10.3. The van der Waals surface area contributed by atoms with Gasteiger partial charge in [-0.15, -0.1) is 0 Å². The lowest BCUT2D eigenvalue weighted by Gasteiger charge is -2.19. The molecule has 1 aliphatic heterocycles. The van der Waals surface area contributed by atoms with Crippen molar-refractivity contribution >= 4 is 28.4 Å². The van der Waals surface area contributed by atoms with E-state index in [1.165, 1.54) is 18.6 Å². The molecule has 1 aromatic heterocycles. The Morgan fingerprint density at radius 1 is 1.60 bits per heavy atom. The van der Waals surface area contributed by atoms with Gasteiger partial charge in [-0.05, 0) is 31.8 Å². The number of ether oxygens (including phenoxy) is 2. The van der Waals surface area contributed by atoms with E-state index in [1.807, 2.05) is 13.8 Å². The quantitative estimate of drug-likeness (QED) is 0.874. The van der Waals surface area contributed by atoms with Gasteiger partial charge < -0.3 is 25.4 Å². The molecule has 7 nitrogen and oxygen atoms in total. The van der Waals surface area contributed by atoms with E-state index in [9.17, 15) is 4.79 Å². The monoisotopic (exact) mass is 300 g/mol. The Morgan fingerprint density at radius 3 is 3.00 bits per heavy atom. The van der Waals surface area contributed by atoms with Gasteiger partial charge in [0.05, 0.1) is 19.3 Å². The van der Waals surface area contributed by atoms with Crippen LogP contribution in [0.5, 0.6) is 5.75 Å². The average molecular weight is 300 g/mol. The average Bonchev–Trinajstić information content (AvgIpc) is 2.97. The highest BCUT2D eigenvalue weighted by Gasteiger charge is 2.29. The summed E-state index contributed by atoms with van der Waals surface area (Å²) < 4.78 is 14.5. The molecule has 0 bridgehead atoms. The van der Waals surface area contributed by atoms with E-state index < -0.39 is 6.09 Å². The standard InChI is InChI=1S/C12H20N4O3S/c1-7(2)19-9-10(13)15-20-11(9)16-5-4-8(6-16)14-12(17)18-3/h7-8H,4-6H2,1-3H3,(H2,13,15)(H,14,17). The molecule has 112 valence electrons. The van der Waals surface area contributed by atoms with Crippen LogP contribution in [0.15, 0.2) is 0 Å². The van der Waals surface area contributed by atoms with Gasteiger partial charge in [0.15, 0.2) is 16.6 Å². The Kier molecular flexibility index (Phi) is 4.53. The van der Waals surface area contributed by atoms with Crippen LogP contribution in [0.3, 0.4) is 0 Å². The molecule has 1 saturated heterocycles. The van der Waals surface area contributed by atoms with E-state index in [4.69, 9.17) is 10.5 Å². The first-order chi connectivity index (χ1) is 9.51. The van der Waals surface area contributed by atoms with Crippen LogP contribution in [-0.2, 0) is 4.74 Å². The third kappa shape index (κ3) is 3.24. The molecule has 1 fully saturated rings. The maximum absolute atomic E-state index is 11.2. The molecule has 0 aromatic carbocycles. The predicted octanol–water partition coefficient (Wildman–Crippen LogP) is 1.45. The molecule has 1 unspecified atom stereocenters. The van der Waals surface area contributed by atoms with Crippen LogP contribution in [0, 0.1) is 0 Å². The number of methoxy groups -OCH3 is 1. The minimum Gasteiger partial charge on any atom is -0.484 e. The molecular formula is C12H20N4O3S. The number of alkyl carbamates (subject to hydrolysis) is 1. The highest BCUT2D eigenvalue weighted by atomic mass is 32.1. The third-order valence-corrected chi connectivity index (χ3v) is 3.90. The molecular weight excluding hydrogens is 280 g/mol. The van der Waals surface area contributed by atoms with E-state index >= 15 is 0 Å². The number of nitrogens with one attached hydrogen (secondary N) is 1. The summed E-state index contributed by atoms with van der Waals surface area (Å²) in [5, 5.41) is 3.73. The van der Waals surface area contributed by atoms with Crippen molar-refractivity contribution in [2.24, 2.45) is 0 Å². The van der Waals surface area contributed by atoms with Crippen molar-refractivity contribution in [3.8, 4) is 5.75 Å². The highest BCUT2D eigenvalue weighted by Crippen LogP contribution is 2.40. The van der Waals surface area contributed by atoms with Crippen molar-refractivity contribution < 1.29 is 14.3 Å². The largest absolute Gasteiger partial charge is 0.484 e. The Bertz CT molecular complexity index is 477. The number of nitrogen functional groups attached to an aromatic ring is 1. The number of aromatic nitrogens is 1. The SMILES string of the molecule is COC(=O)NC1CCN(c2snc(N)c2OC(C)C)C1. The molecule has 1 aromatic rings. The molecule has 20 heavy (non-hydrogen) atoms. The number of anilines is 2. The van der Waals surface area contributed by atoms with Crippen LogP contribution in [0.1, 0.15) is 20.3 Å². The van der Waals surface area contributed by atoms with Gasteiger partial charge in [-0.25, -0.2) is 4.79 Å². The van der Waals surface area contributed by atoms with Crippen molar-refractivity contribution in [3.05, 3.63) is 0 Å². The van der Waals surface area contributed by atoms with Crippen molar-refractivity contribution in [3.63, 3.8) is 0 Å². The molecule has 2 rings (SSSR count). The van der Waals surface area contributed by atoms with E-state index in [0.29, 0.717) is 18.1 Å². The van der Waals surface area contributed by atoms with E-state index in [-0.39, 0.29) is 12.1 Å². The molecule has 1 aliphatic rings. The predicted molar refractivity (Wildman–Crippen MR) is 78.4 cm³/mol. The summed E-state index contributed by atoms with van der Waals surface area (Å²) in [7, 11) is 1.36. The third-order valence-electron chi connectivity index (χ3n) is 2.99. The molecule has 8 heteroatoms. The number of carbonyl (C=O) groups is 1. The summed E-state index contributed by atoms with van der Waals surface area (Å²) in [6.45, 7) is 5.43. The van der Waals surface area contributed by atoms with Gasteiger partial charge in [-0.2, -0.15) is 4.37 Å². The summed E-state index contributed by atoms with van der Waals surface area (Å²) in [5.74, 6) is 1.06. The van der Waals surface area contributed by atoms with Crippen LogP contribution in [-0.4, -0.2) is 42.8 Å². The first-order valence-corrected chi connectivity index (χ1v) is 7.29. The van der Waals surface area contributed by atoms with Gasteiger partial charge in [-0.1, -0.05) is 0 Å². The molecule has 3 N–H and O–H groups in total. The van der Waals surface area contributed by atoms with Crippen molar-refractivity contribution in [2.75, 3.05) is 30.8 Å². The Morgan fingerprint density at radius 2 is 2.35 bits per heavy atom. The second-order valence-corrected chi connectivity index (χ2v) is 5.69. The number of hydrogen-bond acceptors (Lipinski definition) is 7. The van der Waals surface area contributed by atoms with E-state index in [0.717, 1.165) is 18.0 Å². The fourth-order valence-corrected chi connectivity index (χ4v) is 2.91. The summed E-state index contributed by atoms with van der Waals surface area (Å²) in [6.07, 6.45) is 0.493. The lowest BCUT2D eigenvalue weighted by Crippen LogP contribution is -2.36. The summed E-state index contributed by atoms with van der Waals surface area (Å²) in [6, 6.07) is 0.0673. The number of nitrogens with two attached hydrogens (primary N) is 1. The smallest absolute Gasteiger partial charge is 0.407 e. The van der Waals surface area contributed by atoms with E-state index in [1.54, 1.807) is 0 Å². The van der Waals surface area contributed by atoms with Crippen LogP contribution in [0.25, 0.3) is 0 Å². The van der Waals surface area contributed by atoms with Crippen LogP contribution >= 0.6 is 11.5 Å². The summed E-state index contributed by atoms with van der Waals surface area (Å²) >= 11 is 1.32. The molecule has 1 atom stereocenters. The number of nitrogens with zero attached hydrogens (tertiary/aromatic N) is 2. The number of hydrogen-bond donors (Lipinski definition) is 2. The van der Waals surface area contributed by atoms with Gasteiger partial charge >= 0.3 is 6.09 Å². The summed E-state index contributed by atoms with van der Waals surface area (Å²) in [5.41, 5.74) is 5.85. The fraction of sp³-hybridized carbons (Fsp3) is 0.667. The minimum atomic E-state index is -0.403. The number of rotatable bonds is 4. The normalized spacial score (nSPS) is 18.4. The van der Waals surface area contributed by atoms with Crippen molar-refractivity contribution in [1.82, 2.24) is 9.69 Å². The maximum Gasteiger partial charge on any atom is 0.407 e. The van der Waals surface area contributed by atoms with Crippen molar-refractivity contribution in [2.45, 2.75) is 32.4 Å². The highest BCUT2D eigenvalue weighted by molar-refractivity contribution is 7.11.